The van der Waals surface area contributed by atoms with Gasteiger partial charge in [0.1, 0.15) is 5.84 Å². The summed E-state index contributed by atoms with van der Waals surface area (Å²) in [6.07, 6.45) is 1.29. The van der Waals surface area contributed by atoms with Gasteiger partial charge in [0.05, 0.1) is 6.10 Å². The summed E-state index contributed by atoms with van der Waals surface area (Å²) in [6.45, 7) is 1.98. The van der Waals surface area contributed by atoms with Crippen molar-refractivity contribution in [2.75, 3.05) is 39.1 Å². The second-order valence-corrected chi connectivity index (χ2v) is 6.53. The third-order valence-corrected chi connectivity index (χ3v) is 5.05. The van der Waals surface area contributed by atoms with Crippen LogP contribution in [0.5, 0.6) is 0 Å². The maximum Gasteiger partial charge on any atom is 0.329 e. The number of amides is 3. The fourth-order valence-electron chi connectivity index (χ4n) is 3.59. The molecular formula is C18H25N5O3. The Morgan fingerprint density at radius 3 is 2.88 bits per heavy atom. The molecule has 3 amide bonds. The summed E-state index contributed by atoms with van der Waals surface area (Å²) in [4.78, 5) is 24.6. The lowest BCUT2D eigenvalue weighted by molar-refractivity contribution is -0.121. The van der Waals surface area contributed by atoms with Crippen LogP contribution in [0.3, 0.4) is 0 Å². The van der Waals surface area contributed by atoms with Crippen molar-refractivity contribution in [2.24, 2.45) is 0 Å². The summed E-state index contributed by atoms with van der Waals surface area (Å²) < 4.78 is 5.61. The van der Waals surface area contributed by atoms with E-state index in [9.17, 15) is 9.59 Å². The standard InChI is InChI=1S/C18H25N5O3/c1-20-14-9-11(12-5-7-21-10-15(12)26-2)3-4-13(14)17(19)23-8-6-16(24)22-18(23)25/h3-4,9,12,15,19-21H,5-8,10H2,1-2H3,(H,22,24,25)/t12-,15?/m0/s1. The SMILES string of the molecule is CNc1cc([C@@H]2CCNCC2OC)ccc1C(=N)N1CCC(=O)NC1=O. The number of benzene rings is 1. The fraction of sp³-hybridized carbons (Fsp3) is 0.500. The van der Waals surface area contributed by atoms with Gasteiger partial charge in [0.2, 0.25) is 5.91 Å². The van der Waals surface area contributed by atoms with E-state index in [-0.39, 0.29) is 36.7 Å². The highest BCUT2D eigenvalue weighted by atomic mass is 16.5. The Hall–Kier alpha value is -2.45. The van der Waals surface area contributed by atoms with Crippen LogP contribution in [0.2, 0.25) is 0 Å². The van der Waals surface area contributed by atoms with E-state index in [0.717, 1.165) is 30.8 Å². The number of methoxy groups -OCH3 is 1. The van der Waals surface area contributed by atoms with E-state index in [1.807, 2.05) is 18.2 Å². The van der Waals surface area contributed by atoms with E-state index in [1.54, 1.807) is 14.2 Å². The number of anilines is 1. The number of ether oxygens (including phenoxy) is 1. The number of carbonyl (C=O) groups excluding carboxylic acids is 2. The number of piperidine rings is 1. The number of hydrogen-bond acceptors (Lipinski definition) is 6. The van der Waals surface area contributed by atoms with Gasteiger partial charge in [0.15, 0.2) is 0 Å². The maximum absolute atomic E-state index is 12.0. The van der Waals surface area contributed by atoms with Gasteiger partial charge in [-0.2, -0.15) is 0 Å². The molecule has 8 heteroatoms. The van der Waals surface area contributed by atoms with Crippen LogP contribution in [0.4, 0.5) is 10.5 Å². The molecule has 1 unspecified atom stereocenters. The molecule has 2 aliphatic heterocycles. The second kappa shape index (κ2) is 7.84. The molecule has 8 nitrogen and oxygen atoms in total. The number of imide groups is 1. The number of rotatable bonds is 4. The van der Waals surface area contributed by atoms with Gasteiger partial charge in [-0.3, -0.25) is 20.4 Å². The van der Waals surface area contributed by atoms with Crippen LogP contribution in [0, 0.1) is 5.41 Å². The number of nitrogens with one attached hydrogen (secondary N) is 4. The van der Waals surface area contributed by atoms with Gasteiger partial charge in [-0.1, -0.05) is 6.07 Å². The normalized spacial score (nSPS) is 23.5. The van der Waals surface area contributed by atoms with E-state index >= 15 is 0 Å². The van der Waals surface area contributed by atoms with Crippen molar-refractivity contribution < 1.29 is 14.3 Å². The van der Waals surface area contributed by atoms with Crippen LogP contribution in [0.25, 0.3) is 0 Å². The van der Waals surface area contributed by atoms with Crippen LogP contribution < -0.4 is 16.0 Å². The Kier molecular flexibility index (Phi) is 5.53. The van der Waals surface area contributed by atoms with E-state index in [1.165, 1.54) is 4.90 Å². The third-order valence-electron chi connectivity index (χ3n) is 5.05. The van der Waals surface area contributed by atoms with E-state index < -0.39 is 6.03 Å². The van der Waals surface area contributed by atoms with Crippen LogP contribution in [-0.4, -0.2) is 62.6 Å². The van der Waals surface area contributed by atoms with Gasteiger partial charge in [-0.15, -0.1) is 0 Å². The highest BCUT2D eigenvalue weighted by Crippen LogP contribution is 2.31. The van der Waals surface area contributed by atoms with Crippen LogP contribution in [0.15, 0.2) is 18.2 Å². The summed E-state index contributed by atoms with van der Waals surface area (Å²) in [7, 11) is 3.52. The lowest BCUT2D eigenvalue weighted by Crippen LogP contribution is -2.52. The second-order valence-electron chi connectivity index (χ2n) is 6.53. The molecule has 140 valence electrons. The number of hydrogen-bond donors (Lipinski definition) is 4. The summed E-state index contributed by atoms with van der Waals surface area (Å²) in [6, 6.07) is 5.34. The zero-order valence-corrected chi connectivity index (χ0v) is 15.1. The van der Waals surface area contributed by atoms with E-state index in [0.29, 0.717) is 5.56 Å². The Labute approximate surface area is 152 Å². The van der Waals surface area contributed by atoms with Crippen LogP contribution >= 0.6 is 0 Å². The molecule has 0 radical (unpaired) electrons. The lowest BCUT2D eigenvalue weighted by atomic mass is 9.86. The van der Waals surface area contributed by atoms with Crippen molar-refractivity contribution >= 4 is 23.5 Å². The largest absolute Gasteiger partial charge is 0.388 e. The zero-order valence-electron chi connectivity index (χ0n) is 15.1. The van der Waals surface area contributed by atoms with Gasteiger partial charge < -0.3 is 15.4 Å². The first-order chi connectivity index (χ1) is 12.5. The van der Waals surface area contributed by atoms with Crippen molar-refractivity contribution in [1.82, 2.24) is 15.5 Å². The maximum atomic E-state index is 12.0. The molecule has 4 N–H and O–H groups in total. The Balaban J connectivity index is 1.86. The van der Waals surface area contributed by atoms with Gasteiger partial charge in [0.25, 0.3) is 0 Å². The Bertz CT molecular complexity index is 721. The highest BCUT2D eigenvalue weighted by molar-refractivity contribution is 6.12. The predicted octanol–water partition coefficient (Wildman–Crippen LogP) is 1.09. The lowest BCUT2D eigenvalue weighted by Gasteiger charge is -2.32. The van der Waals surface area contributed by atoms with Gasteiger partial charge in [-0.05, 0) is 30.7 Å². The molecule has 0 bridgehead atoms. The first kappa shape index (κ1) is 18.3. The zero-order chi connectivity index (χ0) is 18.7. The van der Waals surface area contributed by atoms with E-state index in [2.05, 4.69) is 16.0 Å². The van der Waals surface area contributed by atoms with Crippen LogP contribution in [-0.2, 0) is 9.53 Å². The number of nitrogens with zero attached hydrogens (tertiary/aromatic N) is 1. The fourth-order valence-corrected chi connectivity index (χ4v) is 3.59. The quantitative estimate of drug-likeness (QED) is 0.476. The average Bonchev–Trinajstić information content (AvgIpc) is 2.67. The van der Waals surface area contributed by atoms with Crippen LogP contribution in [0.1, 0.15) is 29.9 Å². The molecule has 2 heterocycles. The van der Waals surface area contributed by atoms with Crippen molar-refractivity contribution in [3.63, 3.8) is 0 Å². The first-order valence-corrected chi connectivity index (χ1v) is 8.80. The number of urea groups is 1. The number of carbonyl (C=O) groups is 2. The molecule has 1 aromatic rings. The molecule has 0 spiro atoms. The predicted molar refractivity (Wildman–Crippen MR) is 98.7 cm³/mol. The summed E-state index contributed by atoms with van der Waals surface area (Å²) in [5.74, 6) is 0.0618. The molecule has 2 saturated heterocycles. The summed E-state index contributed by atoms with van der Waals surface area (Å²) >= 11 is 0. The highest BCUT2D eigenvalue weighted by Gasteiger charge is 2.30. The molecule has 0 aromatic heterocycles. The summed E-state index contributed by atoms with van der Waals surface area (Å²) in [5, 5.41) is 17.2. The first-order valence-electron chi connectivity index (χ1n) is 8.80. The molecule has 2 fully saturated rings. The Morgan fingerprint density at radius 1 is 1.38 bits per heavy atom. The van der Waals surface area contributed by atoms with E-state index in [4.69, 9.17) is 10.1 Å². The monoisotopic (exact) mass is 359 g/mol. The minimum Gasteiger partial charge on any atom is -0.388 e. The van der Waals surface area contributed by atoms with Crippen molar-refractivity contribution in [3.05, 3.63) is 29.3 Å². The smallest absolute Gasteiger partial charge is 0.329 e. The molecule has 3 rings (SSSR count). The molecular weight excluding hydrogens is 334 g/mol. The molecule has 26 heavy (non-hydrogen) atoms. The van der Waals surface area contributed by atoms with Crippen molar-refractivity contribution in [2.45, 2.75) is 24.9 Å². The van der Waals surface area contributed by atoms with Crippen molar-refractivity contribution in [3.8, 4) is 0 Å². The molecule has 2 atom stereocenters. The van der Waals surface area contributed by atoms with Gasteiger partial charge >= 0.3 is 6.03 Å². The van der Waals surface area contributed by atoms with Crippen molar-refractivity contribution in [1.29, 1.82) is 5.41 Å². The van der Waals surface area contributed by atoms with Gasteiger partial charge in [-0.25, -0.2) is 4.79 Å². The number of amidine groups is 1. The topological polar surface area (TPSA) is 107 Å². The molecule has 1 aromatic carbocycles. The minimum absolute atomic E-state index is 0.0829. The van der Waals surface area contributed by atoms with Gasteiger partial charge in [0, 0.05) is 50.8 Å². The molecule has 0 saturated carbocycles. The molecule has 2 aliphatic rings. The third kappa shape index (κ3) is 3.56. The molecule has 0 aliphatic carbocycles. The minimum atomic E-state index is -0.546. The Morgan fingerprint density at radius 2 is 2.19 bits per heavy atom. The summed E-state index contributed by atoms with van der Waals surface area (Å²) in [5.41, 5.74) is 2.56. The average molecular weight is 359 g/mol.